The Morgan fingerprint density at radius 1 is 0.842 bits per heavy atom. The molecule has 1 atom stereocenters. The number of carbonyl (C=O) groups excluding carboxylic acids is 1. The Hall–Kier alpha value is -2.69. The van der Waals surface area contributed by atoms with Gasteiger partial charge < -0.3 is 18.9 Å². The summed E-state index contributed by atoms with van der Waals surface area (Å²) < 4.78 is 22.8. The van der Waals surface area contributed by atoms with Gasteiger partial charge in [0.05, 0.1) is 5.56 Å². The second-order valence-corrected chi connectivity index (χ2v) is 4.87. The minimum absolute atomic E-state index is 0.215. The summed E-state index contributed by atoms with van der Waals surface area (Å²) in [6.07, 6.45) is 0. The van der Waals surface area contributed by atoms with E-state index in [4.69, 9.17) is 18.9 Å². The van der Waals surface area contributed by atoms with Crippen LogP contribution in [-0.2, 0) is 5.79 Å². The number of fused-ring (bicyclic) bond motifs is 4. The maximum atomic E-state index is 12.6. The van der Waals surface area contributed by atoms with Crippen molar-refractivity contribution in [1.82, 2.24) is 0 Å². The Morgan fingerprint density at radius 3 is 2.58 bits per heavy atom. The van der Waals surface area contributed by atoms with Crippen molar-refractivity contribution in [3.05, 3.63) is 35.4 Å². The fourth-order valence-corrected chi connectivity index (χ4v) is 3.04. The van der Waals surface area contributed by atoms with Crippen LogP contribution in [0.25, 0.3) is 0 Å². The Balaban J connectivity index is 1.87. The minimum atomic E-state index is -1.41. The van der Waals surface area contributed by atoms with Crippen LogP contribution in [0, 0.1) is 0 Å². The maximum Gasteiger partial charge on any atom is 0.348 e. The molecule has 4 heterocycles. The van der Waals surface area contributed by atoms with Gasteiger partial charge in [-0.15, -0.1) is 0 Å². The summed E-state index contributed by atoms with van der Waals surface area (Å²) in [4.78, 5) is 12.6. The average molecular weight is 252 g/mol. The zero-order chi connectivity index (χ0) is 12.4. The van der Waals surface area contributed by atoms with Crippen molar-refractivity contribution in [2.24, 2.45) is 0 Å². The number of para-hydroxylation sites is 1. The molecule has 2 aromatic carbocycles. The van der Waals surface area contributed by atoms with Crippen LogP contribution in [0.5, 0.6) is 34.5 Å². The first kappa shape index (κ1) is 8.42. The summed E-state index contributed by atoms with van der Waals surface area (Å²) in [6, 6.07) is 7.24. The van der Waals surface area contributed by atoms with Crippen LogP contribution in [0.3, 0.4) is 0 Å². The molecule has 1 spiro atoms. The van der Waals surface area contributed by atoms with Gasteiger partial charge in [-0.1, -0.05) is 12.1 Å². The molecule has 0 aliphatic carbocycles. The molecule has 0 aromatic heterocycles. The van der Waals surface area contributed by atoms with Crippen LogP contribution in [0.4, 0.5) is 0 Å². The highest BCUT2D eigenvalue weighted by Crippen LogP contribution is 2.73. The Morgan fingerprint density at radius 2 is 1.63 bits per heavy atom. The van der Waals surface area contributed by atoms with Gasteiger partial charge in [0.25, 0.3) is 5.78 Å². The molecule has 5 heteroatoms. The summed E-state index contributed by atoms with van der Waals surface area (Å²) in [5.41, 5.74) is 1.04. The van der Waals surface area contributed by atoms with Crippen molar-refractivity contribution in [3.63, 3.8) is 0 Å². The molecule has 0 saturated carbocycles. The lowest BCUT2D eigenvalue weighted by molar-refractivity contribution is -0.0453. The fourth-order valence-electron chi connectivity index (χ4n) is 3.04. The highest BCUT2D eigenvalue weighted by molar-refractivity contribution is 6.15. The van der Waals surface area contributed by atoms with Gasteiger partial charge in [0.15, 0.2) is 11.5 Å². The first-order valence-electron chi connectivity index (χ1n) is 5.91. The molecule has 5 nitrogen and oxygen atoms in total. The van der Waals surface area contributed by atoms with Gasteiger partial charge in [-0.05, 0) is 12.1 Å². The maximum absolute atomic E-state index is 12.6. The molecule has 3 bridgehead atoms. The van der Waals surface area contributed by atoms with E-state index in [-0.39, 0.29) is 5.78 Å². The van der Waals surface area contributed by atoms with E-state index in [1.807, 2.05) is 12.1 Å². The highest BCUT2D eigenvalue weighted by atomic mass is 16.8. The van der Waals surface area contributed by atoms with E-state index < -0.39 is 5.79 Å². The lowest BCUT2D eigenvalue weighted by Crippen LogP contribution is -2.40. The molecule has 19 heavy (non-hydrogen) atoms. The predicted molar refractivity (Wildman–Crippen MR) is 60.3 cm³/mol. The normalized spacial score (nSPS) is 24.7. The van der Waals surface area contributed by atoms with E-state index in [1.165, 1.54) is 0 Å². The molecular weight excluding hydrogens is 248 g/mol. The summed E-state index contributed by atoms with van der Waals surface area (Å²) in [7, 11) is 0. The molecule has 4 aliphatic rings. The number of ether oxygens (including phenoxy) is 4. The van der Waals surface area contributed by atoms with E-state index >= 15 is 0 Å². The fraction of sp³-hybridized carbons (Fsp3) is 0.0714. The number of carbonyl (C=O) groups is 1. The van der Waals surface area contributed by atoms with Gasteiger partial charge in [-0.25, -0.2) is 0 Å². The van der Waals surface area contributed by atoms with Crippen molar-refractivity contribution < 1.29 is 23.7 Å². The van der Waals surface area contributed by atoms with Crippen LogP contribution < -0.4 is 18.9 Å². The summed E-state index contributed by atoms with van der Waals surface area (Å²) in [5, 5.41) is 0. The molecular formula is C14H4O5. The predicted octanol–water partition coefficient (Wildman–Crippen LogP) is 2.72. The molecule has 6 rings (SSSR count). The van der Waals surface area contributed by atoms with E-state index in [9.17, 15) is 4.79 Å². The Labute approximate surface area is 106 Å². The van der Waals surface area contributed by atoms with Crippen molar-refractivity contribution in [2.45, 2.75) is 5.79 Å². The number of rotatable bonds is 0. The zero-order valence-electron chi connectivity index (χ0n) is 9.35. The Bertz CT molecular complexity index is 853. The van der Waals surface area contributed by atoms with Crippen molar-refractivity contribution in [2.75, 3.05) is 0 Å². The lowest BCUT2D eigenvalue weighted by Gasteiger charge is -2.22. The standard InChI is InChI=1S/C14H4O5/c15-13-7-8-10-11(17-10)12-9(7)18-14(13,19-12)5-3-1-2-4-6(5)16-8/h1-4H. The molecule has 4 aliphatic heterocycles. The summed E-state index contributed by atoms with van der Waals surface area (Å²) >= 11 is 0. The van der Waals surface area contributed by atoms with Gasteiger partial charge >= 0.3 is 5.79 Å². The van der Waals surface area contributed by atoms with Crippen molar-refractivity contribution in [3.8, 4) is 34.5 Å². The van der Waals surface area contributed by atoms with Crippen LogP contribution in [0.15, 0.2) is 24.3 Å². The van der Waals surface area contributed by atoms with E-state index in [2.05, 4.69) is 0 Å². The largest absolute Gasteiger partial charge is 0.452 e. The Kier molecular flexibility index (Phi) is 0.946. The summed E-state index contributed by atoms with van der Waals surface area (Å²) in [5.74, 6) is 1.56. The molecule has 0 saturated heterocycles. The number of ketones is 1. The van der Waals surface area contributed by atoms with E-state index in [0.29, 0.717) is 45.6 Å². The third-order valence-corrected chi connectivity index (χ3v) is 3.91. The monoisotopic (exact) mass is 252 g/mol. The topological polar surface area (TPSA) is 57.3 Å². The van der Waals surface area contributed by atoms with Crippen LogP contribution >= 0.6 is 0 Å². The van der Waals surface area contributed by atoms with Crippen molar-refractivity contribution >= 4 is 5.78 Å². The van der Waals surface area contributed by atoms with Crippen LogP contribution in [-0.4, -0.2) is 5.78 Å². The molecule has 0 radical (unpaired) electrons. The second kappa shape index (κ2) is 2.14. The van der Waals surface area contributed by atoms with Crippen molar-refractivity contribution in [1.29, 1.82) is 0 Å². The molecule has 0 N–H and O–H groups in total. The third-order valence-electron chi connectivity index (χ3n) is 3.91. The molecule has 1 unspecified atom stereocenters. The third kappa shape index (κ3) is 0.656. The van der Waals surface area contributed by atoms with Crippen LogP contribution in [0.1, 0.15) is 15.9 Å². The zero-order valence-corrected chi connectivity index (χ0v) is 9.35. The number of benzene rings is 2. The lowest BCUT2D eigenvalue weighted by atomic mass is 9.96. The number of hydrogen-bond acceptors (Lipinski definition) is 5. The van der Waals surface area contributed by atoms with Gasteiger partial charge in [0, 0.05) is 0 Å². The van der Waals surface area contributed by atoms with Gasteiger partial charge in [-0.2, -0.15) is 0 Å². The molecule has 0 fully saturated rings. The van der Waals surface area contributed by atoms with Crippen LogP contribution in [0.2, 0.25) is 0 Å². The first-order valence-corrected chi connectivity index (χ1v) is 5.91. The van der Waals surface area contributed by atoms with Gasteiger partial charge in [0.2, 0.25) is 17.2 Å². The SMILES string of the molecule is O=C1c2c3c4c(c5c2OC1(O5)c1ccccc1O3)O4. The first-order chi connectivity index (χ1) is 9.29. The number of hydrogen-bond donors (Lipinski definition) is 0. The summed E-state index contributed by atoms with van der Waals surface area (Å²) in [6.45, 7) is 0. The average Bonchev–Trinajstić information content (AvgIpc) is 3.04. The molecule has 0 amide bonds. The molecule has 90 valence electrons. The quantitative estimate of drug-likeness (QED) is 0.576. The second-order valence-electron chi connectivity index (χ2n) is 4.87. The van der Waals surface area contributed by atoms with Gasteiger partial charge in [-0.3, -0.25) is 4.79 Å². The van der Waals surface area contributed by atoms with Gasteiger partial charge in [0.1, 0.15) is 11.3 Å². The molecule has 2 aromatic rings. The number of Topliss-reactive ketones (excluding diaryl/α,β-unsaturated/α-hetero) is 1. The minimum Gasteiger partial charge on any atom is -0.452 e. The van der Waals surface area contributed by atoms with E-state index in [1.54, 1.807) is 12.1 Å². The highest BCUT2D eigenvalue weighted by Gasteiger charge is 2.66. The van der Waals surface area contributed by atoms with E-state index in [0.717, 1.165) is 0 Å². The smallest absolute Gasteiger partial charge is 0.348 e.